The first kappa shape index (κ1) is 22.2. The van der Waals surface area contributed by atoms with Crippen molar-refractivity contribution in [2.24, 2.45) is 0 Å². The summed E-state index contributed by atoms with van der Waals surface area (Å²) in [4.78, 5) is 16.1. The van der Waals surface area contributed by atoms with E-state index in [0.29, 0.717) is 23.1 Å². The number of hydrogen-bond acceptors (Lipinski definition) is 5. The molecule has 1 amide bonds. The number of carbonyl (C=O) groups is 1. The molecule has 1 aliphatic heterocycles. The van der Waals surface area contributed by atoms with Gasteiger partial charge in [0.05, 0.1) is 11.1 Å². The fourth-order valence-electron chi connectivity index (χ4n) is 3.69. The van der Waals surface area contributed by atoms with Crippen LogP contribution in [0.4, 0.5) is 18.9 Å². The van der Waals surface area contributed by atoms with Crippen LogP contribution >= 0.6 is 0 Å². The highest BCUT2D eigenvalue weighted by Gasteiger charge is 2.33. The fraction of sp³-hybridized carbons (Fsp3) is 0.409. The lowest BCUT2D eigenvalue weighted by molar-refractivity contribution is -0.141. The number of hydrogen-bond donors (Lipinski definition) is 2. The highest BCUT2D eigenvalue weighted by Crippen LogP contribution is 2.34. The second kappa shape index (κ2) is 8.18. The van der Waals surface area contributed by atoms with Crippen molar-refractivity contribution >= 4 is 22.5 Å². The van der Waals surface area contributed by atoms with Crippen molar-refractivity contribution in [1.29, 1.82) is 0 Å². The summed E-state index contributed by atoms with van der Waals surface area (Å²) >= 11 is 0. The van der Waals surface area contributed by atoms with Crippen LogP contribution in [-0.2, 0) is 16.5 Å². The number of pyridine rings is 1. The Labute approximate surface area is 182 Å². The summed E-state index contributed by atoms with van der Waals surface area (Å²) in [6, 6.07) is 6.42. The molecule has 32 heavy (non-hydrogen) atoms. The first-order valence-corrected chi connectivity index (χ1v) is 10.3. The molecule has 0 aliphatic carbocycles. The number of amides is 1. The Bertz CT molecular complexity index is 1150. The van der Waals surface area contributed by atoms with Crippen molar-refractivity contribution in [2.75, 3.05) is 11.9 Å². The van der Waals surface area contributed by atoms with E-state index in [1.54, 1.807) is 36.9 Å². The largest absolute Gasteiger partial charge is 0.433 e. The van der Waals surface area contributed by atoms with E-state index < -0.39 is 23.4 Å². The molecule has 3 aromatic rings. The highest BCUT2D eigenvalue weighted by molar-refractivity contribution is 6.04. The van der Waals surface area contributed by atoms with E-state index in [2.05, 4.69) is 15.4 Å². The molecule has 0 saturated carbocycles. The number of aliphatic hydroxyl groups is 1. The number of nitrogens with zero attached hydrogens (tertiary/aromatic N) is 3. The molecule has 1 aromatic carbocycles. The lowest BCUT2D eigenvalue weighted by atomic mass is 9.95. The summed E-state index contributed by atoms with van der Waals surface area (Å²) in [5.41, 5.74) is -1.64. The zero-order valence-corrected chi connectivity index (χ0v) is 17.6. The number of carbonyl (C=O) groups excluding carboxylic acids is 1. The van der Waals surface area contributed by atoms with Crippen LogP contribution < -0.4 is 5.32 Å². The number of rotatable bonds is 4. The monoisotopic (exact) mass is 448 g/mol. The molecule has 4 rings (SSSR count). The number of ether oxygens (including phenoxy) is 1. The van der Waals surface area contributed by atoms with Crippen LogP contribution in [0.15, 0.2) is 36.5 Å². The first-order chi connectivity index (χ1) is 15.0. The summed E-state index contributed by atoms with van der Waals surface area (Å²) < 4.78 is 46.4. The van der Waals surface area contributed by atoms with Crippen LogP contribution in [0, 0.1) is 0 Å². The topological polar surface area (TPSA) is 89.3 Å². The minimum absolute atomic E-state index is 0.186. The lowest BCUT2D eigenvalue weighted by Gasteiger charge is -2.22. The molecule has 2 N–H and O–H groups in total. The molecule has 3 heterocycles. The molecule has 0 radical (unpaired) electrons. The van der Waals surface area contributed by atoms with Gasteiger partial charge in [-0.25, -0.2) is 9.67 Å². The van der Waals surface area contributed by atoms with Gasteiger partial charge in [-0.2, -0.15) is 18.3 Å². The molecule has 1 aliphatic rings. The van der Waals surface area contributed by atoms with Crippen LogP contribution in [0.1, 0.15) is 61.1 Å². The van der Waals surface area contributed by atoms with Gasteiger partial charge in [-0.3, -0.25) is 4.79 Å². The Kier molecular flexibility index (Phi) is 5.68. The van der Waals surface area contributed by atoms with Gasteiger partial charge in [0.1, 0.15) is 17.6 Å². The molecular formula is C22H23F3N4O3. The van der Waals surface area contributed by atoms with Crippen molar-refractivity contribution < 1.29 is 27.8 Å². The van der Waals surface area contributed by atoms with Crippen LogP contribution in [0.25, 0.3) is 10.9 Å². The van der Waals surface area contributed by atoms with E-state index in [9.17, 15) is 23.1 Å². The molecule has 7 nitrogen and oxygen atoms in total. The minimum atomic E-state index is -4.66. The average Bonchev–Trinajstić information content (AvgIpc) is 3.16. The lowest BCUT2D eigenvalue weighted by Crippen LogP contribution is -2.22. The Hall–Kier alpha value is -2.98. The Morgan fingerprint density at radius 1 is 1.25 bits per heavy atom. The molecular weight excluding hydrogens is 425 g/mol. The third kappa shape index (κ3) is 4.61. The highest BCUT2D eigenvalue weighted by atomic mass is 19.4. The molecule has 1 unspecified atom stereocenters. The van der Waals surface area contributed by atoms with E-state index in [1.165, 1.54) is 6.07 Å². The average molecular weight is 448 g/mol. The Balaban J connectivity index is 1.69. The second-order valence-electron chi connectivity index (χ2n) is 8.31. The second-order valence-corrected chi connectivity index (χ2v) is 8.31. The third-order valence-electron chi connectivity index (χ3n) is 5.29. The van der Waals surface area contributed by atoms with E-state index in [1.807, 2.05) is 0 Å². The van der Waals surface area contributed by atoms with Crippen molar-refractivity contribution in [3.8, 4) is 0 Å². The third-order valence-corrected chi connectivity index (χ3v) is 5.29. The van der Waals surface area contributed by atoms with E-state index in [4.69, 9.17) is 4.74 Å². The quantitative estimate of drug-likeness (QED) is 0.608. The maximum atomic E-state index is 13.0. The molecule has 0 bridgehead atoms. The van der Waals surface area contributed by atoms with Gasteiger partial charge in [-0.1, -0.05) is 6.07 Å². The molecule has 0 spiro atoms. The molecule has 1 saturated heterocycles. The van der Waals surface area contributed by atoms with Crippen LogP contribution in [0.3, 0.4) is 0 Å². The van der Waals surface area contributed by atoms with E-state index in [-0.39, 0.29) is 17.6 Å². The van der Waals surface area contributed by atoms with Crippen molar-refractivity contribution in [1.82, 2.24) is 14.8 Å². The minimum Gasteiger partial charge on any atom is -0.386 e. The number of benzene rings is 1. The van der Waals surface area contributed by atoms with Crippen molar-refractivity contribution in [3.63, 3.8) is 0 Å². The zero-order valence-electron chi connectivity index (χ0n) is 17.6. The van der Waals surface area contributed by atoms with E-state index in [0.717, 1.165) is 31.4 Å². The van der Waals surface area contributed by atoms with E-state index >= 15 is 0 Å². The zero-order chi connectivity index (χ0) is 23.1. The van der Waals surface area contributed by atoms with Crippen LogP contribution in [0.2, 0.25) is 0 Å². The number of alkyl halides is 3. The van der Waals surface area contributed by atoms with Gasteiger partial charge < -0.3 is 15.2 Å². The number of aromatic nitrogens is 3. The Morgan fingerprint density at radius 3 is 2.69 bits per heavy atom. The summed E-state index contributed by atoms with van der Waals surface area (Å²) in [7, 11) is 0. The molecule has 1 fully saturated rings. The van der Waals surface area contributed by atoms with Gasteiger partial charge in [-0.05, 0) is 57.4 Å². The number of anilines is 1. The first-order valence-electron chi connectivity index (χ1n) is 10.3. The van der Waals surface area contributed by atoms with Gasteiger partial charge in [0.2, 0.25) is 0 Å². The van der Waals surface area contributed by atoms with Crippen molar-refractivity contribution in [3.05, 3.63) is 53.5 Å². The summed E-state index contributed by atoms with van der Waals surface area (Å²) in [5.74, 6) is -0.816. The molecule has 10 heteroatoms. The number of halogens is 3. The Morgan fingerprint density at radius 2 is 2.03 bits per heavy atom. The number of fused-ring (bicyclic) bond motifs is 1. The maximum Gasteiger partial charge on any atom is 0.433 e. The normalized spacial score (nSPS) is 17.5. The molecule has 2 aromatic heterocycles. The van der Waals surface area contributed by atoms with Gasteiger partial charge in [0, 0.05) is 29.4 Å². The summed E-state index contributed by atoms with van der Waals surface area (Å²) in [6.45, 7) is 3.75. The maximum absolute atomic E-state index is 13.0. The standard InChI is InChI=1S/C22H23F3N4O3/c1-21(2,31)14-11-16-13(12-29(28-16)19-8-3-4-9-32-19)10-17(14)27-20(30)15-6-5-7-18(26-15)22(23,24)25/h5-7,10-12,19,31H,3-4,8-9H2,1-2H3,(H,27,30). The van der Waals surface area contributed by atoms with Gasteiger partial charge in [0.25, 0.3) is 5.91 Å². The molecule has 1 atom stereocenters. The summed E-state index contributed by atoms with van der Waals surface area (Å²) in [5, 5.41) is 18.5. The van der Waals surface area contributed by atoms with Gasteiger partial charge in [-0.15, -0.1) is 0 Å². The smallest absolute Gasteiger partial charge is 0.386 e. The fourth-order valence-corrected chi connectivity index (χ4v) is 3.69. The summed E-state index contributed by atoms with van der Waals surface area (Å²) in [6.07, 6.45) is -0.201. The SMILES string of the molecule is CC(C)(O)c1cc2nn(C3CCCCO3)cc2cc1NC(=O)c1cccc(C(F)(F)F)n1. The van der Waals surface area contributed by atoms with Crippen molar-refractivity contribution in [2.45, 2.75) is 51.1 Å². The molecule has 170 valence electrons. The number of nitrogens with one attached hydrogen (secondary N) is 1. The predicted molar refractivity (Wildman–Crippen MR) is 111 cm³/mol. The van der Waals surface area contributed by atoms with Crippen LogP contribution in [0.5, 0.6) is 0 Å². The van der Waals surface area contributed by atoms with Gasteiger partial charge >= 0.3 is 6.18 Å². The predicted octanol–water partition coefficient (Wildman–Crippen LogP) is 4.63. The van der Waals surface area contributed by atoms with Gasteiger partial charge in [0.15, 0.2) is 0 Å². The van der Waals surface area contributed by atoms with Crippen LogP contribution in [-0.4, -0.2) is 32.4 Å².